The number of ether oxygens (including phenoxy) is 2. The van der Waals surface area contributed by atoms with E-state index in [0.29, 0.717) is 5.56 Å². The van der Waals surface area contributed by atoms with Crippen LogP contribution in [0, 0.1) is 0 Å². The molecule has 4 heteroatoms. The molecule has 3 aromatic carbocycles. The van der Waals surface area contributed by atoms with Gasteiger partial charge in [-0.3, -0.25) is 4.79 Å². The van der Waals surface area contributed by atoms with E-state index in [1.54, 1.807) is 38.5 Å². The van der Waals surface area contributed by atoms with Crippen LogP contribution in [0.3, 0.4) is 0 Å². The lowest BCUT2D eigenvalue weighted by Gasteiger charge is -2.20. The Morgan fingerprint density at radius 1 is 0.731 bits per heavy atom. The number of methoxy groups -OCH3 is 2. The average molecular weight is 347 g/mol. The van der Waals surface area contributed by atoms with E-state index in [1.165, 1.54) is 0 Å². The minimum absolute atomic E-state index is 0.141. The van der Waals surface area contributed by atoms with Crippen LogP contribution in [0.25, 0.3) is 0 Å². The first kappa shape index (κ1) is 17.5. The molecule has 0 fully saturated rings. The summed E-state index contributed by atoms with van der Waals surface area (Å²) in [4.78, 5) is 12.7. The van der Waals surface area contributed by atoms with Gasteiger partial charge in [-0.2, -0.15) is 0 Å². The van der Waals surface area contributed by atoms with Crippen molar-refractivity contribution in [2.24, 2.45) is 0 Å². The first-order chi connectivity index (χ1) is 12.7. The molecule has 0 aromatic heterocycles. The SMILES string of the molecule is COc1ccc(C(=O)N[C@@H](c2ccccc2)c2ccc(OC)cc2)cc1. The summed E-state index contributed by atoms with van der Waals surface area (Å²) < 4.78 is 10.4. The van der Waals surface area contributed by atoms with E-state index in [0.717, 1.165) is 22.6 Å². The Balaban J connectivity index is 1.88. The summed E-state index contributed by atoms with van der Waals surface area (Å²) >= 11 is 0. The monoisotopic (exact) mass is 347 g/mol. The molecular formula is C22H21NO3. The van der Waals surface area contributed by atoms with Crippen LogP contribution in [-0.4, -0.2) is 20.1 Å². The highest BCUT2D eigenvalue weighted by molar-refractivity contribution is 5.94. The Bertz CT molecular complexity index is 843. The molecule has 0 saturated carbocycles. The van der Waals surface area contributed by atoms with Gasteiger partial charge in [0.05, 0.1) is 20.3 Å². The van der Waals surface area contributed by atoms with E-state index in [-0.39, 0.29) is 11.9 Å². The van der Waals surface area contributed by atoms with Crippen molar-refractivity contribution < 1.29 is 14.3 Å². The number of carbonyl (C=O) groups is 1. The molecule has 1 atom stereocenters. The molecule has 1 amide bonds. The number of rotatable bonds is 6. The predicted molar refractivity (Wildman–Crippen MR) is 102 cm³/mol. The van der Waals surface area contributed by atoms with E-state index in [9.17, 15) is 4.79 Å². The summed E-state index contributed by atoms with van der Waals surface area (Å²) in [5.74, 6) is 1.36. The van der Waals surface area contributed by atoms with Crippen LogP contribution in [0.15, 0.2) is 78.9 Å². The van der Waals surface area contributed by atoms with Crippen LogP contribution in [0.5, 0.6) is 11.5 Å². The zero-order valence-corrected chi connectivity index (χ0v) is 14.8. The molecule has 0 unspecified atom stereocenters. The molecule has 3 aromatic rings. The van der Waals surface area contributed by atoms with Gasteiger partial charge in [0.15, 0.2) is 0 Å². The van der Waals surface area contributed by atoms with E-state index in [1.807, 2.05) is 54.6 Å². The Hall–Kier alpha value is -3.27. The molecule has 0 spiro atoms. The molecule has 1 N–H and O–H groups in total. The van der Waals surface area contributed by atoms with E-state index >= 15 is 0 Å². The van der Waals surface area contributed by atoms with Gasteiger partial charge < -0.3 is 14.8 Å². The van der Waals surface area contributed by atoms with Gasteiger partial charge in [-0.05, 0) is 47.5 Å². The number of nitrogens with one attached hydrogen (secondary N) is 1. The summed E-state index contributed by atoms with van der Waals surface area (Å²) in [5.41, 5.74) is 2.58. The van der Waals surface area contributed by atoms with E-state index in [2.05, 4.69) is 5.32 Å². The second kappa shape index (κ2) is 8.21. The van der Waals surface area contributed by atoms with Gasteiger partial charge >= 0.3 is 0 Å². The standard InChI is InChI=1S/C22H21NO3/c1-25-19-12-8-17(9-13-19)21(16-6-4-3-5-7-16)23-22(24)18-10-14-20(26-2)15-11-18/h3-15,21H,1-2H3,(H,23,24)/t21-/m0/s1. The van der Waals surface area contributed by atoms with Crippen LogP contribution >= 0.6 is 0 Å². The highest BCUT2D eigenvalue weighted by Crippen LogP contribution is 2.25. The molecule has 0 bridgehead atoms. The quantitative estimate of drug-likeness (QED) is 0.726. The molecule has 26 heavy (non-hydrogen) atoms. The lowest BCUT2D eigenvalue weighted by Crippen LogP contribution is -2.29. The molecule has 0 saturated heterocycles. The van der Waals surface area contributed by atoms with Crippen molar-refractivity contribution in [1.29, 1.82) is 0 Å². The van der Waals surface area contributed by atoms with Crippen molar-refractivity contribution in [2.45, 2.75) is 6.04 Å². The lowest BCUT2D eigenvalue weighted by atomic mass is 9.98. The smallest absolute Gasteiger partial charge is 0.252 e. The predicted octanol–water partition coefficient (Wildman–Crippen LogP) is 4.22. The number of hydrogen-bond donors (Lipinski definition) is 1. The van der Waals surface area contributed by atoms with Gasteiger partial charge in [-0.1, -0.05) is 42.5 Å². The Morgan fingerprint density at radius 3 is 1.77 bits per heavy atom. The number of amides is 1. The summed E-state index contributed by atoms with van der Waals surface area (Å²) in [6.45, 7) is 0. The largest absolute Gasteiger partial charge is 0.497 e. The highest BCUT2D eigenvalue weighted by Gasteiger charge is 2.18. The fraction of sp³-hybridized carbons (Fsp3) is 0.136. The van der Waals surface area contributed by atoms with Crippen molar-refractivity contribution in [3.05, 3.63) is 95.6 Å². The minimum Gasteiger partial charge on any atom is -0.497 e. The molecule has 4 nitrogen and oxygen atoms in total. The van der Waals surface area contributed by atoms with Crippen molar-refractivity contribution in [1.82, 2.24) is 5.32 Å². The van der Waals surface area contributed by atoms with Crippen LogP contribution in [0.4, 0.5) is 0 Å². The number of hydrogen-bond acceptors (Lipinski definition) is 3. The Morgan fingerprint density at radius 2 is 1.23 bits per heavy atom. The van der Waals surface area contributed by atoms with Crippen molar-refractivity contribution >= 4 is 5.91 Å². The third kappa shape index (κ3) is 4.03. The molecule has 0 radical (unpaired) electrons. The molecule has 3 rings (SSSR count). The number of benzene rings is 3. The Kier molecular flexibility index (Phi) is 5.54. The second-order valence-electron chi connectivity index (χ2n) is 5.82. The minimum atomic E-state index is -0.253. The van der Waals surface area contributed by atoms with Gasteiger partial charge in [0.1, 0.15) is 11.5 Å². The first-order valence-corrected chi connectivity index (χ1v) is 8.35. The van der Waals surface area contributed by atoms with Gasteiger partial charge in [0.2, 0.25) is 0 Å². The molecule has 0 heterocycles. The molecular weight excluding hydrogens is 326 g/mol. The van der Waals surface area contributed by atoms with Gasteiger partial charge in [-0.25, -0.2) is 0 Å². The molecule has 0 aliphatic heterocycles. The summed E-state index contributed by atoms with van der Waals surface area (Å²) in [7, 11) is 3.24. The molecule has 0 aliphatic carbocycles. The summed E-state index contributed by atoms with van der Waals surface area (Å²) in [5, 5.41) is 3.12. The maximum absolute atomic E-state index is 12.7. The third-order valence-corrected chi connectivity index (χ3v) is 4.21. The summed E-state index contributed by atoms with van der Waals surface area (Å²) in [6.07, 6.45) is 0. The maximum atomic E-state index is 12.7. The van der Waals surface area contributed by atoms with Crippen molar-refractivity contribution in [2.75, 3.05) is 14.2 Å². The van der Waals surface area contributed by atoms with Gasteiger partial charge in [0, 0.05) is 5.56 Å². The third-order valence-electron chi connectivity index (χ3n) is 4.21. The number of carbonyl (C=O) groups excluding carboxylic acids is 1. The zero-order chi connectivity index (χ0) is 18.4. The van der Waals surface area contributed by atoms with Gasteiger partial charge in [0.25, 0.3) is 5.91 Å². The van der Waals surface area contributed by atoms with Crippen LogP contribution in [-0.2, 0) is 0 Å². The Labute approximate surface area is 153 Å². The lowest BCUT2D eigenvalue weighted by molar-refractivity contribution is 0.0943. The van der Waals surface area contributed by atoms with Gasteiger partial charge in [-0.15, -0.1) is 0 Å². The fourth-order valence-electron chi connectivity index (χ4n) is 2.76. The van der Waals surface area contributed by atoms with Crippen LogP contribution in [0.1, 0.15) is 27.5 Å². The fourth-order valence-corrected chi connectivity index (χ4v) is 2.76. The average Bonchev–Trinajstić information content (AvgIpc) is 2.72. The van der Waals surface area contributed by atoms with E-state index < -0.39 is 0 Å². The molecule has 0 aliphatic rings. The summed E-state index contributed by atoms with van der Waals surface area (Å²) in [6, 6.07) is 24.4. The van der Waals surface area contributed by atoms with Crippen LogP contribution < -0.4 is 14.8 Å². The van der Waals surface area contributed by atoms with Crippen molar-refractivity contribution in [3.8, 4) is 11.5 Å². The van der Waals surface area contributed by atoms with E-state index in [4.69, 9.17) is 9.47 Å². The normalized spacial score (nSPS) is 11.5. The zero-order valence-electron chi connectivity index (χ0n) is 14.8. The maximum Gasteiger partial charge on any atom is 0.252 e. The first-order valence-electron chi connectivity index (χ1n) is 8.35. The molecule has 132 valence electrons. The van der Waals surface area contributed by atoms with Crippen LogP contribution in [0.2, 0.25) is 0 Å². The second-order valence-corrected chi connectivity index (χ2v) is 5.82. The topological polar surface area (TPSA) is 47.6 Å². The highest BCUT2D eigenvalue weighted by atomic mass is 16.5. The van der Waals surface area contributed by atoms with Crippen molar-refractivity contribution in [3.63, 3.8) is 0 Å².